The lowest BCUT2D eigenvalue weighted by Crippen LogP contribution is -2.44. The van der Waals surface area contributed by atoms with Crippen molar-refractivity contribution in [1.29, 1.82) is 0 Å². The van der Waals surface area contributed by atoms with Gasteiger partial charge in [0, 0.05) is 16.7 Å². The predicted octanol–water partition coefficient (Wildman–Crippen LogP) is 14.4. The molecule has 4 aliphatic rings. The van der Waals surface area contributed by atoms with E-state index in [0.717, 1.165) is 40.1 Å². The summed E-state index contributed by atoms with van der Waals surface area (Å²) in [5, 5.41) is 0. The number of aromatic nitrogens is 2. The van der Waals surface area contributed by atoms with Crippen LogP contribution in [-0.4, -0.2) is 9.97 Å². The van der Waals surface area contributed by atoms with E-state index in [2.05, 4.69) is 224 Å². The SMILES string of the molecule is C1=CCC2=C(C=C1)C1(c3ccccc32)c2ccccc2C2(c3ccccc3-c3ccccc32)c2cccc(-c3cccc(-c4cc(-c5ccccc5)nc(-c5ccccc5)n4)c3)c21. The van der Waals surface area contributed by atoms with Crippen LogP contribution in [0.5, 0.6) is 0 Å². The lowest BCUT2D eigenvalue weighted by atomic mass is 9.51. The molecular formula is C61H40N2. The quantitative estimate of drug-likeness (QED) is 0.177. The minimum absolute atomic E-state index is 0.551. The van der Waals surface area contributed by atoms with Gasteiger partial charge in [0.25, 0.3) is 0 Å². The maximum Gasteiger partial charge on any atom is 0.160 e. The average molecular weight is 801 g/mol. The first-order chi connectivity index (χ1) is 31.3. The van der Waals surface area contributed by atoms with E-state index in [4.69, 9.17) is 9.97 Å². The third kappa shape index (κ3) is 4.95. The second-order valence-corrected chi connectivity index (χ2v) is 17.1. The van der Waals surface area contributed by atoms with Crippen molar-refractivity contribution in [3.05, 3.63) is 281 Å². The molecule has 1 aromatic heterocycles. The lowest BCUT2D eigenvalue weighted by molar-refractivity contribution is 0.631. The van der Waals surface area contributed by atoms with Crippen LogP contribution in [0.1, 0.15) is 50.9 Å². The third-order valence-corrected chi connectivity index (χ3v) is 14.0. The number of hydrogen-bond donors (Lipinski definition) is 0. The molecule has 1 unspecified atom stereocenters. The highest BCUT2D eigenvalue weighted by atomic mass is 14.9. The molecule has 0 saturated heterocycles. The van der Waals surface area contributed by atoms with Gasteiger partial charge in [-0.3, -0.25) is 0 Å². The Hall–Kier alpha value is -7.94. The van der Waals surface area contributed by atoms with Crippen LogP contribution in [0, 0.1) is 0 Å². The molecule has 8 aromatic carbocycles. The van der Waals surface area contributed by atoms with Crippen LogP contribution < -0.4 is 0 Å². The molecule has 0 fully saturated rings. The van der Waals surface area contributed by atoms with Gasteiger partial charge in [-0.05, 0) is 96.5 Å². The lowest BCUT2D eigenvalue weighted by Gasteiger charge is -2.50. The molecule has 0 bridgehead atoms. The Bertz CT molecular complexity index is 3320. The molecule has 1 atom stereocenters. The van der Waals surface area contributed by atoms with Crippen molar-refractivity contribution in [2.75, 3.05) is 0 Å². The number of rotatable bonds is 4. The van der Waals surface area contributed by atoms with Gasteiger partial charge in [-0.15, -0.1) is 0 Å². The highest BCUT2D eigenvalue weighted by Gasteiger charge is 2.59. The zero-order chi connectivity index (χ0) is 41.5. The molecule has 4 aliphatic carbocycles. The highest BCUT2D eigenvalue weighted by molar-refractivity contribution is 5.97. The Morgan fingerprint density at radius 2 is 0.841 bits per heavy atom. The van der Waals surface area contributed by atoms with Crippen LogP contribution >= 0.6 is 0 Å². The molecule has 0 radical (unpaired) electrons. The molecule has 2 heteroatoms. The van der Waals surface area contributed by atoms with Crippen LogP contribution in [0.3, 0.4) is 0 Å². The first-order valence-electron chi connectivity index (χ1n) is 22.0. The van der Waals surface area contributed by atoms with Gasteiger partial charge in [0.15, 0.2) is 5.82 Å². The molecule has 2 spiro atoms. The Balaban J connectivity index is 1.14. The standard InChI is InChI=1S/C61H40N2/c1-4-20-40(21-5-1)56-39-57(63-59(62-56)41-22-6-2-7-23-41)43-25-18-24-42(38-43)44-30-19-37-55-58(44)61(51-31-9-3-8-26-47(51)48-29-12-15-34-52(48)61)54-36-17-16-35-53(54)60(55)49-32-13-10-27-45(49)46-28-11-14-33-50(46)60/h1-25,27-39H,26H2. The summed E-state index contributed by atoms with van der Waals surface area (Å²) in [6, 6.07) is 76.0. The van der Waals surface area contributed by atoms with E-state index in [1.165, 1.54) is 72.3 Å². The summed E-state index contributed by atoms with van der Waals surface area (Å²) in [5.41, 5.74) is 22.2. The molecule has 0 aliphatic heterocycles. The van der Waals surface area contributed by atoms with Gasteiger partial charge < -0.3 is 0 Å². The summed E-state index contributed by atoms with van der Waals surface area (Å²) >= 11 is 0. The molecule has 0 N–H and O–H groups in total. The summed E-state index contributed by atoms with van der Waals surface area (Å²) in [5.74, 6) is 0.710. The molecular weight excluding hydrogens is 761 g/mol. The average Bonchev–Trinajstić information content (AvgIpc) is 3.65. The molecule has 0 amide bonds. The molecule has 63 heavy (non-hydrogen) atoms. The summed E-state index contributed by atoms with van der Waals surface area (Å²) in [6.45, 7) is 0. The molecule has 1 heterocycles. The largest absolute Gasteiger partial charge is 0.228 e. The van der Waals surface area contributed by atoms with E-state index in [-0.39, 0.29) is 0 Å². The van der Waals surface area contributed by atoms with Gasteiger partial charge in [0.2, 0.25) is 0 Å². The van der Waals surface area contributed by atoms with Gasteiger partial charge in [-0.2, -0.15) is 0 Å². The van der Waals surface area contributed by atoms with E-state index in [9.17, 15) is 0 Å². The number of allylic oxidation sites excluding steroid dienone is 6. The van der Waals surface area contributed by atoms with Crippen LogP contribution in [-0.2, 0) is 10.8 Å². The molecule has 9 aromatic rings. The van der Waals surface area contributed by atoms with Crippen molar-refractivity contribution in [3.63, 3.8) is 0 Å². The van der Waals surface area contributed by atoms with Gasteiger partial charge in [-0.25, -0.2) is 9.97 Å². The van der Waals surface area contributed by atoms with Crippen LogP contribution in [0.15, 0.2) is 236 Å². The first kappa shape index (κ1) is 35.8. The topological polar surface area (TPSA) is 25.8 Å². The summed E-state index contributed by atoms with van der Waals surface area (Å²) in [7, 11) is 0. The van der Waals surface area contributed by atoms with E-state index in [1.807, 2.05) is 6.07 Å². The molecule has 13 rings (SSSR count). The van der Waals surface area contributed by atoms with Crippen LogP contribution in [0.25, 0.3) is 61.7 Å². The zero-order valence-corrected chi connectivity index (χ0v) is 34.5. The Morgan fingerprint density at radius 3 is 1.54 bits per heavy atom. The van der Waals surface area contributed by atoms with Crippen molar-refractivity contribution in [2.45, 2.75) is 17.3 Å². The smallest absolute Gasteiger partial charge is 0.160 e. The van der Waals surface area contributed by atoms with Gasteiger partial charge in [-0.1, -0.05) is 218 Å². The minimum Gasteiger partial charge on any atom is -0.228 e. The number of nitrogens with zero attached hydrogens (tertiary/aromatic N) is 2. The molecule has 0 saturated carbocycles. The van der Waals surface area contributed by atoms with Gasteiger partial charge in [0.1, 0.15) is 0 Å². The number of fused-ring (bicyclic) bond motifs is 15. The van der Waals surface area contributed by atoms with Crippen molar-refractivity contribution in [1.82, 2.24) is 9.97 Å². The number of benzene rings is 8. The fourth-order valence-corrected chi connectivity index (χ4v) is 11.7. The Morgan fingerprint density at radius 1 is 0.349 bits per heavy atom. The van der Waals surface area contributed by atoms with E-state index in [1.54, 1.807) is 0 Å². The van der Waals surface area contributed by atoms with E-state index in [0.29, 0.717) is 5.82 Å². The summed E-state index contributed by atoms with van der Waals surface area (Å²) < 4.78 is 0. The van der Waals surface area contributed by atoms with Crippen molar-refractivity contribution in [3.8, 4) is 56.2 Å². The van der Waals surface area contributed by atoms with Gasteiger partial charge >= 0.3 is 0 Å². The maximum atomic E-state index is 5.29. The minimum atomic E-state index is -0.597. The van der Waals surface area contributed by atoms with Crippen molar-refractivity contribution >= 4 is 5.57 Å². The molecule has 2 nitrogen and oxygen atoms in total. The van der Waals surface area contributed by atoms with Crippen molar-refractivity contribution in [2.24, 2.45) is 0 Å². The predicted molar refractivity (Wildman–Crippen MR) is 257 cm³/mol. The van der Waals surface area contributed by atoms with Gasteiger partial charge in [0.05, 0.1) is 22.2 Å². The second-order valence-electron chi connectivity index (χ2n) is 17.1. The van der Waals surface area contributed by atoms with Crippen molar-refractivity contribution < 1.29 is 0 Å². The van der Waals surface area contributed by atoms with E-state index >= 15 is 0 Å². The Labute approximate surface area is 368 Å². The monoisotopic (exact) mass is 800 g/mol. The zero-order valence-electron chi connectivity index (χ0n) is 34.5. The normalized spacial score (nSPS) is 16.8. The number of hydrogen-bond acceptors (Lipinski definition) is 2. The third-order valence-electron chi connectivity index (χ3n) is 14.0. The van der Waals surface area contributed by atoms with E-state index < -0.39 is 10.8 Å². The fourth-order valence-electron chi connectivity index (χ4n) is 11.7. The maximum absolute atomic E-state index is 5.29. The molecule has 294 valence electrons. The first-order valence-corrected chi connectivity index (χ1v) is 22.0. The fraction of sp³-hybridized carbons (Fsp3) is 0.0492. The summed E-state index contributed by atoms with van der Waals surface area (Å²) in [6.07, 6.45) is 10.1. The highest BCUT2D eigenvalue weighted by Crippen LogP contribution is 2.68. The second kappa shape index (κ2) is 13.8. The summed E-state index contributed by atoms with van der Waals surface area (Å²) in [4.78, 5) is 10.4. The van der Waals surface area contributed by atoms with Crippen LogP contribution in [0.2, 0.25) is 0 Å². The Kier molecular flexibility index (Phi) is 7.83. The van der Waals surface area contributed by atoms with Crippen LogP contribution in [0.4, 0.5) is 0 Å².